The lowest BCUT2D eigenvalue weighted by Gasteiger charge is -2.19. The van der Waals surface area contributed by atoms with E-state index in [0.29, 0.717) is 29.5 Å². The Balaban J connectivity index is 2.29. The maximum Gasteiger partial charge on any atom is 0.310 e. The van der Waals surface area contributed by atoms with Crippen LogP contribution in [0.2, 0.25) is 0 Å². The number of rotatable bonds is 8. The number of esters is 1. The second kappa shape index (κ2) is 8.73. The number of benzene rings is 1. The Morgan fingerprint density at radius 1 is 1.00 bits per heavy atom. The van der Waals surface area contributed by atoms with Gasteiger partial charge < -0.3 is 9.47 Å². The Labute approximate surface area is 167 Å². The van der Waals surface area contributed by atoms with E-state index in [1.165, 1.54) is 7.11 Å². The van der Waals surface area contributed by atoms with Crippen LogP contribution in [0.3, 0.4) is 0 Å². The SMILES string of the molecule is CCc1c(F)c(COC)c(F)c(CC)c1COC(=O)[C@@H]1[C@@H](C=C(C)C)C1(C)C. The third-order valence-electron chi connectivity index (χ3n) is 5.82. The van der Waals surface area contributed by atoms with Crippen molar-refractivity contribution in [2.45, 2.75) is 67.6 Å². The fraction of sp³-hybridized carbons (Fsp3) is 0.609. The number of hydrogen-bond acceptors (Lipinski definition) is 3. The second-order valence-electron chi connectivity index (χ2n) is 8.36. The molecule has 0 N–H and O–H groups in total. The number of methoxy groups -OCH3 is 1. The summed E-state index contributed by atoms with van der Waals surface area (Å²) in [6.07, 6.45) is 2.87. The van der Waals surface area contributed by atoms with Gasteiger partial charge >= 0.3 is 5.97 Å². The van der Waals surface area contributed by atoms with Crippen LogP contribution in [0.5, 0.6) is 0 Å². The Morgan fingerprint density at radius 3 is 1.96 bits per heavy atom. The fourth-order valence-corrected chi connectivity index (χ4v) is 4.12. The minimum Gasteiger partial charge on any atom is -0.461 e. The van der Waals surface area contributed by atoms with Crippen LogP contribution in [0.25, 0.3) is 0 Å². The summed E-state index contributed by atoms with van der Waals surface area (Å²) in [5, 5.41) is 0. The molecule has 0 aliphatic heterocycles. The van der Waals surface area contributed by atoms with Gasteiger partial charge in [-0.15, -0.1) is 0 Å². The highest BCUT2D eigenvalue weighted by Crippen LogP contribution is 2.59. The van der Waals surface area contributed by atoms with E-state index < -0.39 is 11.6 Å². The zero-order valence-corrected chi connectivity index (χ0v) is 18.0. The van der Waals surface area contributed by atoms with Gasteiger partial charge in [0.2, 0.25) is 0 Å². The molecule has 3 nitrogen and oxygen atoms in total. The van der Waals surface area contributed by atoms with E-state index in [1.54, 1.807) is 0 Å². The number of carbonyl (C=O) groups is 1. The van der Waals surface area contributed by atoms with Crippen LogP contribution < -0.4 is 0 Å². The Morgan fingerprint density at radius 2 is 1.54 bits per heavy atom. The van der Waals surface area contributed by atoms with E-state index in [-0.39, 0.29) is 42.0 Å². The standard InChI is InChI=1S/C23H32F2O3/c1-8-14-16(15(9-2)21(25)17(11-27-7)20(14)24)12-28-22(26)19-18(10-13(3)4)23(19,5)6/h10,18-19H,8-9,11-12H2,1-7H3/t18-,19+/m1/s1. The molecule has 0 unspecified atom stereocenters. The monoisotopic (exact) mass is 394 g/mol. The average molecular weight is 395 g/mol. The molecule has 0 amide bonds. The van der Waals surface area contributed by atoms with Gasteiger partial charge in [-0.1, -0.05) is 39.3 Å². The molecule has 0 heterocycles. The molecule has 1 aromatic rings. The van der Waals surface area contributed by atoms with E-state index in [1.807, 2.05) is 41.5 Å². The van der Waals surface area contributed by atoms with Crippen LogP contribution in [0.15, 0.2) is 11.6 Å². The molecule has 5 heteroatoms. The second-order valence-corrected chi connectivity index (χ2v) is 8.36. The average Bonchev–Trinajstić information content (AvgIpc) is 3.15. The van der Waals surface area contributed by atoms with Crippen molar-refractivity contribution in [2.75, 3.05) is 7.11 Å². The number of ether oxygens (including phenoxy) is 2. The molecule has 28 heavy (non-hydrogen) atoms. The van der Waals surface area contributed by atoms with Crippen LogP contribution in [-0.4, -0.2) is 13.1 Å². The number of hydrogen-bond donors (Lipinski definition) is 0. The van der Waals surface area contributed by atoms with E-state index in [2.05, 4.69) is 6.08 Å². The maximum absolute atomic E-state index is 14.9. The highest BCUT2D eigenvalue weighted by molar-refractivity contribution is 5.78. The summed E-state index contributed by atoms with van der Waals surface area (Å²) < 4.78 is 40.2. The molecule has 1 aliphatic carbocycles. The molecule has 0 radical (unpaired) electrons. The minimum atomic E-state index is -0.598. The molecule has 2 rings (SSSR count). The largest absolute Gasteiger partial charge is 0.461 e. The Kier molecular flexibility index (Phi) is 7.02. The first-order valence-electron chi connectivity index (χ1n) is 9.92. The zero-order chi connectivity index (χ0) is 21.2. The lowest BCUT2D eigenvalue weighted by molar-refractivity contribution is -0.147. The summed E-state index contributed by atoms with van der Waals surface area (Å²) in [5.74, 6) is -1.59. The van der Waals surface area contributed by atoms with Crippen LogP contribution in [0.1, 0.15) is 63.8 Å². The maximum atomic E-state index is 14.9. The topological polar surface area (TPSA) is 35.5 Å². The van der Waals surface area contributed by atoms with E-state index >= 15 is 0 Å². The summed E-state index contributed by atoms with van der Waals surface area (Å²) >= 11 is 0. The third kappa shape index (κ3) is 4.14. The molecular formula is C23H32F2O3. The third-order valence-corrected chi connectivity index (χ3v) is 5.82. The van der Waals surface area contributed by atoms with Crippen LogP contribution in [0, 0.1) is 28.9 Å². The van der Waals surface area contributed by atoms with E-state index in [9.17, 15) is 13.6 Å². The predicted molar refractivity (Wildman–Crippen MR) is 106 cm³/mol. The number of carbonyl (C=O) groups excluding carboxylic acids is 1. The summed E-state index contributed by atoms with van der Waals surface area (Å²) in [5.41, 5.74) is 2.19. The number of allylic oxidation sites excluding steroid dienone is 2. The first-order chi connectivity index (χ1) is 13.1. The summed E-state index contributed by atoms with van der Waals surface area (Å²) in [6.45, 7) is 11.5. The molecule has 1 aromatic carbocycles. The highest BCUT2D eigenvalue weighted by Gasteiger charge is 2.61. The molecule has 1 fully saturated rings. The molecule has 0 aromatic heterocycles. The Bertz CT molecular complexity index is 746. The normalized spacial score (nSPS) is 20.0. The Hall–Kier alpha value is -1.75. The lowest BCUT2D eigenvalue weighted by Crippen LogP contribution is -2.16. The van der Waals surface area contributed by atoms with Gasteiger partial charge in [0.15, 0.2) is 0 Å². The van der Waals surface area contributed by atoms with E-state index in [4.69, 9.17) is 9.47 Å². The van der Waals surface area contributed by atoms with Gasteiger partial charge in [-0.2, -0.15) is 0 Å². The van der Waals surface area contributed by atoms with Crippen molar-refractivity contribution >= 4 is 5.97 Å². The smallest absolute Gasteiger partial charge is 0.310 e. The van der Waals surface area contributed by atoms with Gasteiger partial charge in [0, 0.05) is 18.2 Å². The van der Waals surface area contributed by atoms with E-state index in [0.717, 1.165) is 5.57 Å². The summed E-state index contributed by atoms with van der Waals surface area (Å²) in [4.78, 5) is 12.7. The van der Waals surface area contributed by atoms with Crippen LogP contribution in [0.4, 0.5) is 8.78 Å². The first-order valence-corrected chi connectivity index (χ1v) is 9.92. The first kappa shape index (κ1) is 22.5. The van der Waals surface area contributed by atoms with Crippen molar-refractivity contribution in [3.63, 3.8) is 0 Å². The lowest BCUT2D eigenvalue weighted by atomic mass is 9.93. The van der Waals surface area contributed by atoms with Crippen molar-refractivity contribution in [3.05, 3.63) is 45.5 Å². The minimum absolute atomic E-state index is 0.0572. The highest BCUT2D eigenvalue weighted by atomic mass is 19.1. The molecule has 1 aliphatic rings. The fourth-order valence-electron chi connectivity index (χ4n) is 4.12. The van der Waals surface area contributed by atoms with Crippen molar-refractivity contribution in [2.24, 2.45) is 17.3 Å². The molecule has 0 bridgehead atoms. The van der Waals surface area contributed by atoms with Crippen molar-refractivity contribution < 1.29 is 23.0 Å². The van der Waals surface area contributed by atoms with Crippen molar-refractivity contribution in [1.29, 1.82) is 0 Å². The molecule has 1 saturated carbocycles. The predicted octanol–water partition coefficient (Wildman–Crippen LogP) is 5.52. The van der Waals surface area contributed by atoms with Crippen LogP contribution >= 0.6 is 0 Å². The van der Waals surface area contributed by atoms with Gasteiger partial charge in [0.25, 0.3) is 0 Å². The van der Waals surface area contributed by atoms with Gasteiger partial charge in [-0.25, -0.2) is 8.78 Å². The molecule has 2 atom stereocenters. The molecule has 0 spiro atoms. The van der Waals surface area contributed by atoms with Crippen LogP contribution in [-0.2, 0) is 40.3 Å². The number of halogens is 2. The molecular weight excluding hydrogens is 362 g/mol. The van der Waals surface area contributed by atoms with Gasteiger partial charge in [-0.3, -0.25) is 4.79 Å². The molecule has 0 saturated heterocycles. The van der Waals surface area contributed by atoms with Gasteiger partial charge in [-0.05, 0) is 49.1 Å². The summed E-state index contributed by atoms with van der Waals surface area (Å²) in [7, 11) is 1.41. The van der Waals surface area contributed by atoms with Crippen molar-refractivity contribution in [1.82, 2.24) is 0 Å². The quantitative estimate of drug-likeness (QED) is 0.430. The summed E-state index contributed by atoms with van der Waals surface area (Å²) in [6, 6.07) is 0. The van der Waals surface area contributed by atoms with Gasteiger partial charge in [0.05, 0.1) is 12.5 Å². The molecule has 156 valence electrons. The van der Waals surface area contributed by atoms with Gasteiger partial charge in [0.1, 0.15) is 18.2 Å². The van der Waals surface area contributed by atoms with Crippen molar-refractivity contribution in [3.8, 4) is 0 Å². The zero-order valence-electron chi connectivity index (χ0n) is 18.0.